The third kappa shape index (κ3) is 4.12. The van der Waals surface area contributed by atoms with Gasteiger partial charge in [-0.1, -0.05) is 18.2 Å². The van der Waals surface area contributed by atoms with Crippen LogP contribution in [0.15, 0.2) is 66.6 Å². The number of amides is 1. The first kappa shape index (κ1) is 18.0. The minimum absolute atomic E-state index is 0.0792. The van der Waals surface area contributed by atoms with Gasteiger partial charge in [0.15, 0.2) is 0 Å². The largest absolute Gasteiger partial charge is 0.349 e. The maximum absolute atomic E-state index is 13.0. The second kappa shape index (κ2) is 8.10. The molecule has 28 heavy (non-hydrogen) atoms. The van der Waals surface area contributed by atoms with Crippen LogP contribution in [0.5, 0.6) is 0 Å². The standard InChI is InChI=1S/C20H16FN5OS/c21-16-5-3-14(4-6-16)15-10-25-26(12-15)13-19(27)24-11-17-20(23-8-7-22-17)18-2-1-9-28-18/h1-10,12H,11,13H2,(H,24,27). The van der Waals surface area contributed by atoms with Crippen LogP contribution in [0.2, 0.25) is 0 Å². The highest BCUT2D eigenvalue weighted by Gasteiger charge is 2.11. The molecule has 0 aliphatic heterocycles. The number of aromatic nitrogens is 4. The molecular weight excluding hydrogens is 377 g/mol. The van der Waals surface area contributed by atoms with Gasteiger partial charge in [0, 0.05) is 24.2 Å². The number of carbonyl (C=O) groups is 1. The molecule has 0 aliphatic rings. The second-order valence-corrected chi connectivity index (χ2v) is 6.99. The van der Waals surface area contributed by atoms with E-state index in [4.69, 9.17) is 0 Å². The summed E-state index contributed by atoms with van der Waals surface area (Å²) in [4.78, 5) is 22.0. The number of hydrogen-bond donors (Lipinski definition) is 1. The monoisotopic (exact) mass is 393 g/mol. The predicted octanol–water partition coefficient (Wildman–Crippen LogP) is 3.52. The van der Waals surface area contributed by atoms with Gasteiger partial charge in [-0.15, -0.1) is 11.3 Å². The second-order valence-electron chi connectivity index (χ2n) is 6.04. The van der Waals surface area contributed by atoms with E-state index in [2.05, 4.69) is 20.4 Å². The smallest absolute Gasteiger partial charge is 0.242 e. The van der Waals surface area contributed by atoms with Gasteiger partial charge in [0.05, 0.1) is 23.3 Å². The molecule has 0 saturated carbocycles. The summed E-state index contributed by atoms with van der Waals surface area (Å²) in [5.74, 6) is -0.474. The molecule has 1 aromatic carbocycles. The lowest BCUT2D eigenvalue weighted by molar-refractivity contribution is -0.122. The molecule has 0 bridgehead atoms. The molecule has 0 spiro atoms. The molecule has 1 N–H and O–H groups in total. The Bertz CT molecular complexity index is 1080. The number of rotatable bonds is 6. The van der Waals surface area contributed by atoms with E-state index in [0.29, 0.717) is 5.69 Å². The minimum atomic E-state index is -0.290. The van der Waals surface area contributed by atoms with Gasteiger partial charge < -0.3 is 5.32 Å². The molecule has 0 fully saturated rings. The molecule has 4 aromatic rings. The molecule has 4 rings (SSSR count). The summed E-state index contributed by atoms with van der Waals surface area (Å²) in [6.45, 7) is 0.363. The Morgan fingerprint density at radius 3 is 2.71 bits per heavy atom. The number of benzene rings is 1. The number of carbonyl (C=O) groups excluding carboxylic acids is 1. The summed E-state index contributed by atoms with van der Waals surface area (Å²) < 4.78 is 14.6. The van der Waals surface area contributed by atoms with Gasteiger partial charge in [-0.3, -0.25) is 19.4 Å². The molecule has 8 heteroatoms. The van der Waals surface area contributed by atoms with Crippen LogP contribution in [0.25, 0.3) is 21.7 Å². The van der Waals surface area contributed by atoms with Crippen molar-refractivity contribution >= 4 is 17.2 Å². The van der Waals surface area contributed by atoms with Gasteiger partial charge >= 0.3 is 0 Å². The van der Waals surface area contributed by atoms with Gasteiger partial charge in [0.2, 0.25) is 5.91 Å². The normalized spacial score (nSPS) is 10.8. The molecule has 3 heterocycles. The number of halogens is 1. The third-order valence-corrected chi connectivity index (χ3v) is 4.97. The molecular formula is C20H16FN5OS. The molecule has 6 nitrogen and oxygen atoms in total. The summed E-state index contributed by atoms with van der Waals surface area (Å²) in [5.41, 5.74) is 3.15. The van der Waals surface area contributed by atoms with Crippen LogP contribution in [-0.2, 0) is 17.9 Å². The third-order valence-electron chi connectivity index (χ3n) is 4.10. The van der Waals surface area contributed by atoms with Gasteiger partial charge in [-0.05, 0) is 29.1 Å². The molecule has 0 atom stereocenters. The van der Waals surface area contributed by atoms with Crippen LogP contribution in [0.4, 0.5) is 4.39 Å². The lowest BCUT2D eigenvalue weighted by Gasteiger charge is -2.08. The molecule has 140 valence electrons. The van der Waals surface area contributed by atoms with Crippen LogP contribution in [0.1, 0.15) is 5.69 Å². The Morgan fingerprint density at radius 2 is 1.93 bits per heavy atom. The predicted molar refractivity (Wildman–Crippen MR) is 105 cm³/mol. The van der Waals surface area contributed by atoms with Gasteiger partial charge in [-0.2, -0.15) is 5.10 Å². The summed E-state index contributed by atoms with van der Waals surface area (Å²) in [6, 6.07) is 10.1. The Balaban J connectivity index is 1.39. The Hall–Kier alpha value is -3.39. The zero-order valence-electron chi connectivity index (χ0n) is 14.7. The summed E-state index contributed by atoms with van der Waals surface area (Å²) in [7, 11) is 0. The van der Waals surface area contributed by atoms with Crippen molar-refractivity contribution in [1.29, 1.82) is 0 Å². The van der Waals surface area contributed by atoms with Crippen molar-refractivity contribution in [3.05, 3.63) is 78.1 Å². The zero-order chi connectivity index (χ0) is 19.3. The fourth-order valence-electron chi connectivity index (χ4n) is 2.74. The van der Waals surface area contributed by atoms with Crippen molar-refractivity contribution in [2.75, 3.05) is 0 Å². The fourth-order valence-corrected chi connectivity index (χ4v) is 3.49. The van der Waals surface area contributed by atoms with Crippen molar-refractivity contribution in [1.82, 2.24) is 25.1 Å². The van der Waals surface area contributed by atoms with E-state index in [1.165, 1.54) is 12.1 Å². The van der Waals surface area contributed by atoms with E-state index in [1.54, 1.807) is 52.9 Å². The van der Waals surface area contributed by atoms with E-state index in [9.17, 15) is 9.18 Å². The highest BCUT2D eigenvalue weighted by Crippen LogP contribution is 2.24. The van der Waals surface area contributed by atoms with Crippen molar-refractivity contribution in [3.63, 3.8) is 0 Å². The molecule has 0 saturated heterocycles. The van der Waals surface area contributed by atoms with E-state index in [0.717, 1.165) is 21.7 Å². The van der Waals surface area contributed by atoms with Crippen molar-refractivity contribution in [3.8, 4) is 21.7 Å². The van der Waals surface area contributed by atoms with Crippen molar-refractivity contribution < 1.29 is 9.18 Å². The van der Waals surface area contributed by atoms with Crippen LogP contribution in [0, 0.1) is 5.82 Å². The number of hydrogen-bond acceptors (Lipinski definition) is 5. The van der Waals surface area contributed by atoms with Gasteiger partial charge in [-0.25, -0.2) is 4.39 Å². The first-order valence-corrected chi connectivity index (χ1v) is 9.46. The lowest BCUT2D eigenvalue weighted by atomic mass is 10.1. The Labute approximate surface area is 164 Å². The average Bonchev–Trinajstić information content (AvgIpc) is 3.39. The Morgan fingerprint density at radius 1 is 1.11 bits per heavy atom. The van der Waals surface area contributed by atoms with Gasteiger partial charge in [0.25, 0.3) is 0 Å². The van der Waals surface area contributed by atoms with Crippen molar-refractivity contribution in [2.24, 2.45) is 0 Å². The molecule has 1 amide bonds. The zero-order valence-corrected chi connectivity index (χ0v) is 15.6. The quantitative estimate of drug-likeness (QED) is 0.544. The maximum atomic E-state index is 13.0. The number of nitrogens with one attached hydrogen (secondary N) is 1. The molecule has 3 aromatic heterocycles. The summed E-state index contributed by atoms with van der Waals surface area (Å²) in [5, 5.41) is 9.04. The lowest BCUT2D eigenvalue weighted by Crippen LogP contribution is -2.28. The van der Waals surface area contributed by atoms with E-state index >= 15 is 0 Å². The number of thiophene rings is 1. The van der Waals surface area contributed by atoms with E-state index in [1.807, 2.05) is 17.5 Å². The first-order valence-electron chi connectivity index (χ1n) is 8.58. The van der Waals surface area contributed by atoms with E-state index in [-0.39, 0.29) is 24.8 Å². The van der Waals surface area contributed by atoms with Crippen LogP contribution in [-0.4, -0.2) is 25.7 Å². The maximum Gasteiger partial charge on any atom is 0.242 e. The molecule has 0 radical (unpaired) electrons. The van der Waals surface area contributed by atoms with Crippen molar-refractivity contribution in [2.45, 2.75) is 13.1 Å². The summed E-state index contributed by atoms with van der Waals surface area (Å²) >= 11 is 1.58. The molecule has 0 unspecified atom stereocenters. The highest BCUT2D eigenvalue weighted by atomic mass is 32.1. The summed E-state index contributed by atoms with van der Waals surface area (Å²) in [6.07, 6.45) is 6.66. The molecule has 0 aliphatic carbocycles. The fraction of sp³-hybridized carbons (Fsp3) is 0.100. The van der Waals surface area contributed by atoms with E-state index < -0.39 is 0 Å². The van der Waals surface area contributed by atoms with Crippen LogP contribution < -0.4 is 5.32 Å². The van der Waals surface area contributed by atoms with Crippen LogP contribution >= 0.6 is 11.3 Å². The topological polar surface area (TPSA) is 72.7 Å². The average molecular weight is 393 g/mol. The SMILES string of the molecule is O=C(Cn1cc(-c2ccc(F)cc2)cn1)NCc1nccnc1-c1cccs1. The van der Waals surface area contributed by atoms with Gasteiger partial charge in [0.1, 0.15) is 18.1 Å². The Kier molecular flexibility index (Phi) is 5.20. The number of nitrogens with zero attached hydrogens (tertiary/aromatic N) is 4. The highest BCUT2D eigenvalue weighted by molar-refractivity contribution is 7.13. The van der Waals surface area contributed by atoms with Crippen LogP contribution in [0.3, 0.4) is 0 Å². The first-order chi connectivity index (χ1) is 13.7. The minimum Gasteiger partial charge on any atom is -0.349 e.